The summed E-state index contributed by atoms with van der Waals surface area (Å²) in [5.41, 5.74) is 16.5. The molecular weight excluding hydrogens is 447 g/mol. The molecule has 0 aliphatic heterocycles. The smallest absolute Gasteiger partial charge is 0.338 e. The van der Waals surface area contributed by atoms with Crippen LogP contribution in [0.25, 0.3) is 0 Å². The van der Waals surface area contributed by atoms with E-state index in [-0.39, 0.29) is 11.9 Å². The summed E-state index contributed by atoms with van der Waals surface area (Å²) >= 11 is 2.08. The van der Waals surface area contributed by atoms with Crippen LogP contribution < -0.4 is 11.5 Å². The van der Waals surface area contributed by atoms with Crippen LogP contribution in [-0.2, 0) is 9.47 Å². The molecule has 0 aliphatic carbocycles. The second-order valence-corrected chi connectivity index (χ2v) is 6.86. The van der Waals surface area contributed by atoms with Crippen molar-refractivity contribution in [3.05, 3.63) is 55.7 Å². The van der Waals surface area contributed by atoms with E-state index in [4.69, 9.17) is 11.5 Å². The van der Waals surface area contributed by atoms with Gasteiger partial charge in [0, 0.05) is 14.9 Å². The normalized spacial score (nSPS) is 9.77. The molecule has 0 heterocycles. The van der Waals surface area contributed by atoms with Crippen LogP contribution in [0.5, 0.6) is 0 Å². The Kier molecular flexibility index (Phi) is 7.88. The van der Waals surface area contributed by atoms with Crippen molar-refractivity contribution in [1.29, 1.82) is 0 Å². The Morgan fingerprint density at radius 1 is 0.769 bits per heavy atom. The van der Waals surface area contributed by atoms with E-state index in [0.29, 0.717) is 22.5 Å². The second-order valence-electron chi connectivity index (χ2n) is 5.70. The summed E-state index contributed by atoms with van der Waals surface area (Å²) in [6, 6.07) is 7.03. The van der Waals surface area contributed by atoms with Gasteiger partial charge in [-0.3, -0.25) is 0 Å². The zero-order valence-corrected chi connectivity index (χ0v) is 17.6. The lowest BCUT2D eigenvalue weighted by atomic mass is 10.0. The first-order chi connectivity index (χ1) is 12.1. The molecule has 4 N–H and O–H groups in total. The number of hydrogen-bond acceptors (Lipinski definition) is 6. The maximum absolute atomic E-state index is 11.2. The summed E-state index contributed by atoms with van der Waals surface area (Å²) in [7, 11) is 2.73. The summed E-state index contributed by atoms with van der Waals surface area (Å²) < 4.78 is 10.1. The number of methoxy groups -OCH3 is 2. The number of ether oxygens (including phenoxy) is 2. The van der Waals surface area contributed by atoms with Gasteiger partial charge in [0.15, 0.2) is 0 Å². The van der Waals surface area contributed by atoms with Crippen LogP contribution in [0.1, 0.15) is 37.4 Å². The molecule has 2 rings (SSSR count). The fraction of sp³-hybridized carbons (Fsp3) is 0.263. The van der Waals surface area contributed by atoms with Gasteiger partial charge in [-0.2, -0.15) is 0 Å². The molecule has 2 aromatic rings. The molecule has 0 saturated heterocycles. The van der Waals surface area contributed by atoms with Crippen molar-refractivity contribution >= 4 is 45.9 Å². The molecule has 0 saturated carbocycles. The van der Waals surface area contributed by atoms with E-state index in [1.54, 1.807) is 24.3 Å². The van der Waals surface area contributed by atoms with Gasteiger partial charge in [0.25, 0.3) is 0 Å². The van der Waals surface area contributed by atoms with E-state index < -0.39 is 0 Å². The Balaban J connectivity index is 0.000000260. The lowest BCUT2D eigenvalue weighted by molar-refractivity contribution is 0.0591. The number of benzene rings is 2. The minimum atomic E-state index is -0.324. The monoisotopic (exact) mass is 470 g/mol. The van der Waals surface area contributed by atoms with E-state index in [1.807, 2.05) is 20.8 Å². The number of carbonyl (C=O) groups is 2. The highest BCUT2D eigenvalue weighted by atomic mass is 127. The molecule has 2 aromatic carbocycles. The molecule has 26 heavy (non-hydrogen) atoms. The molecule has 0 aliphatic rings. The van der Waals surface area contributed by atoms with E-state index >= 15 is 0 Å². The van der Waals surface area contributed by atoms with Gasteiger partial charge < -0.3 is 20.9 Å². The Labute approximate surface area is 167 Å². The summed E-state index contributed by atoms with van der Waals surface area (Å²) in [6.45, 7) is 5.53. The first-order valence-corrected chi connectivity index (χ1v) is 8.79. The lowest BCUT2D eigenvalue weighted by Gasteiger charge is -2.07. The van der Waals surface area contributed by atoms with Crippen LogP contribution in [-0.4, -0.2) is 26.2 Å². The second kappa shape index (κ2) is 9.42. The van der Waals surface area contributed by atoms with Gasteiger partial charge in [-0.1, -0.05) is 0 Å². The molecule has 0 amide bonds. The summed E-state index contributed by atoms with van der Waals surface area (Å²) in [6.07, 6.45) is 0. The average molecular weight is 470 g/mol. The van der Waals surface area contributed by atoms with Crippen LogP contribution in [0.2, 0.25) is 0 Å². The van der Waals surface area contributed by atoms with Gasteiger partial charge in [-0.25, -0.2) is 9.59 Å². The van der Waals surface area contributed by atoms with Crippen molar-refractivity contribution in [2.45, 2.75) is 20.8 Å². The number of nitrogens with two attached hydrogens (primary N) is 2. The minimum absolute atomic E-state index is 0.319. The highest BCUT2D eigenvalue weighted by Crippen LogP contribution is 2.21. The van der Waals surface area contributed by atoms with Gasteiger partial charge in [0.1, 0.15) is 0 Å². The van der Waals surface area contributed by atoms with E-state index in [9.17, 15) is 9.59 Å². The number of esters is 2. The first-order valence-electron chi connectivity index (χ1n) is 7.71. The highest BCUT2D eigenvalue weighted by Gasteiger charge is 2.11. The Morgan fingerprint density at radius 2 is 1.19 bits per heavy atom. The third kappa shape index (κ3) is 5.35. The standard InChI is InChI=1S/C10H13NO2.C9H10INO2/c1-6-5-9(11)7(2)4-8(6)10(12)13-3;1-5-3-8(11)7(10)4-6(5)9(12)13-2/h4-5H,11H2,1-3H3;3-4H,11H2,1-2H3. The topological polar surface area (TPSA) is 105 Å². The number of aryl methyl sites for hydroxylation is 3. The molecule has 0 radical (unpaired) electrons. The zero-order valence-electron chi connectivity index (χ0n) is 15.5. The van der Waals surface area contributed by atoms with Crippen LogP contribution in [0, 0.1) is 24.3 Å². The number of carbonyl (C=O) groups excluding carboxylic acids is 2. The van der Waals surface area contributed by atoms with E-state index in [0.717, 1.165) is 20.3 Å². The average Bonchev–Trinajstić information content (AvgIpc) is 2.60. The fourth-order valence-electron chi connectivity index (χ4n) is 2.20. The van der Waals surface area contributed by atoms with Crippen molar-refractivity contribution in [1.82, 2.24) is 0 Å². The minimum Gasteiger partial charge on any atom is -0.465 e. The zero-order chi connectivity index (χ0) is 20.0. The third-order valence-corrected chi connectivity index (χ3v) is 4.70. The molecule has 0 unspecified atom stereocenters. The van der Waals surface area contributed by atoms with Crippen molar-refractivity contribution < 1.29 is 19.1 Å². The number of nitrogen functional groups attached to an aromatic ring is 2. The Bertz CT molecular complexity index is 765. The summed E-state index contributed by atoms with van der Waals surface area (Å²) in [5, 5.41) is 0. The predicted molar refractivity (Wildman–Crippen MR) is 111 cm³/mol. The van der Waals surface area contributed by atoms with Crippen molar-refractivity contribution in [3.8, 4) is 0 Å². The maximum Gasteiger partial charge on any atom is 0.338 e. The molecule has 140 valence electrons. The van der Waals surface area contributed by atoms with Crippen LogP contribution >= 0.6 is 22.6 Å². The molecule has 0 fully saturated rings. The maximum atomic E-state index is 11.2. The third-order valence-electron chi connectivity index (χ3n) is 3.77. The van der Waals surface area contributed by atoms with Crippen molar-refractivity contribution in [3.63, 3.8) is 0 Å². The van der Waals surface area contributed by atoms with Gasteiger partial charge in [-0.05, 0) is 84.3 Å². The van der Waals surface area contributed by atoms with Crippen LogP contribution in [0.15, 0.2) is 24.3 Å². The quantitative estimate of drug-likeness (QED) is 0.395. The molecule has 0 aromatic heterocycles. The predicted octanol–water partition coefficient (Wildman–Crippen LogP) is 3.64. The number of halogens is 1. The largest absolute Gasteiger partial charge is 0.465 e. The Hall–Kier alpha value is -2.29. The number of hydrogen-bond donors (Lipinski definition) is 2. The Morgan fingerprint density at radius 3 is 1.65 bits per heavy atom. The molecular formula is C19H23IN2O4. The summed E-state index contributed by atoms with van der Waals surface area (Å²) in [4.78, 5) is 22.5. The summed E-state index contributed by atoms with van der Waals surface area (Å²) in [5.74, 6) is -0.643. The van der Waals surface area contributed by atoms with Crippen molar-refractivity contribution in [2.75, 3.05) is 25.7 Å². The first kappa shape index (κ1) is 21.8. The van der Waals surface area contributed by atoms with Crippen LogP contribution in [0.4, 0.5) is 11.4 Å². The SMILES string of the molecule is COC(=O)c1cc(C)c(N)cc1C.COC(=O)c1cc(I)c(N)cc1C. The fourth-order valence-corrected chi connectivity index (χ4v) is 2.67. The number of rotatable bonds is 2. The molecule has 0 bridgehead atoms. The van der Waals surface area contributed by atoms with Gasteiger partial charge in [0.2, 0.25) is 0 Å². The molecule has 7 heteroatoms. The van der Waals surface area contributed by atoms with Crippen LogP contribution in [0.3, 0.4) is 0 Å². The van der Waals surface area contributed by atoms with Gasteiger partial charge >= 0.3 is 11.9 Å². The van der Waals surface area contributed by atoms with Crippen molar-refractivity contribution in [2.24, 2.45) is 0 Å². The van der Waals surface area contributed by atoms with Gasteiger partial charge in [0.05, 0.1) is 25.3 Å². The highest BCUT2D eigenvalue weighted by molar-refractivity contribution is 14.1. The lowest BCUT2D eigenvalue weighted by Crippen LogP contribution is -2.05. The molecule has 0 spiro atoms. The molecule has 6 nitrogen and oxygen atoms in total. The van der Waals surface area contributed by atoms with E-state index in [2.05, 4.69) is 32.1 Å². The van der Waals surface area contributed by atoms with Gasteiger partial charge in [-0.15, -0.1) is 0 Å². The number of anilines is 2. The molecule has 0 atom stereocenters. The van der Waals surface area contributed by atoms with E-state index in [1.165, 1.54) is 14.2 Å².